The minimum Gasteiger partial charge on any atom is -0.508 e. The van der Waals surface area contributed by atoms with Crippen molar-refractivity contribution in [3.05, 3.63) is 47.5 Å². The lowest BCUT2D eigenvalue weighted by Crippen LogP contribution is -2.44. The second kappa shape index (κ2) is 4.92. The molecule has 1 aliphatic rings. The zero-order chi connectivity index (χ0) is 15.9. The fourth-order valence-corrected chi connectivity index (χ4v) is 2.44. The van der Waals surface area contributed by atoms with Gasteiger partial charge in [-0.25, -0.2) is 0 Å². The molecule has 0 amide bonds. The fourth-order valence-electron chi connectivity index (χ4n) is 2.44. The Morgan fingerprint density at radius 2 is 1.86 bits per heavy atom. The molecule has 1 atom stereocenters. The smallest absolute Gasteiger partial charge is 0.209 e. The van der Waals surface area contributed by atoms with Crippen LogP contribution < -0.4 is 9.47 Å². The number of carbonyl (C=O) groups excluding carboxylic acids is 1. The predicted octanol–water partition coefficient (Wildman–Crippen LogP) is 1.57. The van der Waals surface area contributed by atoms with Crippen LogP contribution in [0.4, 0.5) is 0 Å². The lowest BCUT2D eigenvalue weighted by Gasteiger charge is -2.32. The van der Waals surface area contributed by atoms with E-state index in [1.54, 1.807) is 0 Å². The first-order chi connectivity index (χ1) is 10.5. The summed E-state index contributed by atoms with van der Waals surface area (Å²) >= 11 is 0. The number of aliphatic hydroxyl groups is 1. The van der Waals surface area contributed by atoms with E-state index in [0.717, 1.165) is 0 Å². The van der Waals surface area contributed by atoms with Crippen LogP contribution in [0.25, 0.3) is 0 Å². The molecule has 1 unspecified atom stereocenters. The molecule has 114 valence electrons. The predicted molar refractivity (Wildman–Crippen MR) is 76.5 cm³/mol. The second-order valence-electron chi connectivity index (χ2n) is 5.04. The number of carbonyl (C=O) groups is 1. The Morgan fingerprint density at radius 1 is 1.18 bits per heavy atom. The molecule has 1 aliphatic heterocycles. The van der Waals surface area contributed by atoms with Crippen molar-refractivity contribution < 1.29 is 29.6 Å². The maximum atomic E-state index is 12.7. The molecule has 0 spiro atoms. The van der Waals surface area contributed by atoms with Gasteiger partial charge in [-0.3, -0.25) is 4.79 Å². The molecule has 0 radical (unpaired) electrons. The van der Waals surface area contributed by atoms with Gasteiger partial charge in [-0.2, -0.15) is 0 Å². The van der Waals surface area contributed by atoms with Crippen molar-refractivity contribution in [1.29, 1.82) is 0 Å². The molecule has 2 aromatic rings. The third-order valence-corrected chi connectivity index (χ3v) is 3.67. The van der Waals surface area contributed by atoms with Gasteiger partial charge in [-0.05, 0) is 17.7 Å². The lowest BCUT2D eigenvalue weighted by molar-refractivity contribution is -0.00554. The Bertz CT molecular complexity index is 737. The highest BCUT2D eigenvalue weighted by Gasteiger charge is 2.45. The lowest BCUT2D eigenvalue weighted by atomic mass is 9.84. The first kappa shape index (κ1) is 14.2. The normalized spacial score (nSPS) is 20.2. The van der Waals surface area contributed by atoms with Gasteiger partial charge in [0.05, 0.1) is 7.11 Å². The Morgan fingerprint density at radius 3 is 2.50 bits per heavy atom. The number of hydrogen-bond acceptors (Lipinski definition) is 6. The average Bonchev–Trinajstić information content (AvgIpc) is 2.51. The minimum absolute atomic E-state index is 0.0181. The maximum absolute atomic E-state index is 12.7. The van der Waals surface area contributed by atoms with Gasteiger partial charge in [0.15, 0.2) is 5.60 Å². The molecule has 0 aromatic heterocycles. The molecule has 0 fully saturated rings. The van der Waals surface area contributed by atoms with Crippen molar-refractivity contribution in [3.63, 3.8) is 0 Å². The number of rotatable bonds is 2. The molecule has 3 rings (SSSR count). The number of phenolic OH excluding ortho intramolecular Hbond substituents is 2. The Labute approximate surface area is 126 Å². The first-order valence-corrected chi connectivity index (χ1v) is 6.56. The molecule has 0 saturated carbocycles. The summed E-state index contributed by atoms with van der Waals surface area (Å²) in [5.41, 5.74) is -1.74. The van der Waals surface area contributed by atoms with E-state index in [9.17, 15) is 20.1 Å². The summed E-state index contributed by atoms with van der Waals surface area (Å²) in [6.07, 6.45) is 0. The van der Waals surface area contributed by atoms with Crippen molar-refractivity contribution in [1.82, 2.24) is 0 Å². The topological polar surface area (TPSA) is 96.2 Å². The number of aromatic hydroxyl groups is 2. The molecule has 0 saturated heterocycles. The quantitative estimate of drug-likeness (QED) is 0.779. The largest absolute Gasteiger partial charge is 0.508 e. The molecule has 1 heterocycles. The zero-order valence-corrected chi connectivity index (χ0v) is 11.7. The van der Waals surface area contributed by atoms with Gasteiger partial charge in [0.1, 0.15) is 35.2 Å². The fraction of sp³-hybridized carbons (Fsp3) is 0.188. The summed E-state index contributed by atoms with van der Waals surface area (Å²) in [6.45, 7) is -0.295. The molecule has 3 N–H and O–H groups in total. The monoisotopic (exact) mass is 302 g/mol. The van der Waals surface area contributed by atoms with Crippen LogP contribution in [0.2, 0.25) is 0 Å². The summed E-state index contributed by atoms with van der Waals surface area (Å²) in [4.78, 5) is 12.7. The van der Waals surface area contributed by atoms with Gasteiger partial charge >= 0.3 is 0 Å². The van der Waals surface area contributed by atoms with E-state index >= 15 is 0 Å². The van der Waals surface area contributed by atoms with Crippen LogP contribution >= 0.6 is 0 Å². The second-order valence-corrected chi connectivity index (χ2v) is 5.04. The summed E-state index contributed by atoms with van der Waals surface area (Å²) in [5, 5.41) is 30.0. The van der Waals surface area contributed by atoms with Crippen LogP contribution in [0.1, 0.15) is 15.9 Å². The van der Waals surface area contributed by atoms with Crippen molar-refractivity contribution in [2.45, 2.75) is 5.60 Å². The molecule has 2 aromatic carbocycles. The Kier molecular flexibility index (Phi) is 3.18. The standard InChI is InChI=1S/C16H14O6/c1-21-11-6-12(18)14-13(7-11)22-8-16(20,15(14)19)9-2-4-10(17)5-3-9/h2-7,17-18,20H,8H2,1H3. The van der Waals surface area contributed by atoms with Gasteiger partial charge in [-0.1, -0.05) is 12.1 Å². The number of phenols is 2. The number of Topliss-reactive ketones (excluding diaryl/α,β-unsaturated/α-hetero) is 1. The summed E-state index contributed by atoms with van der Waals surface area (Å²) < 4.78 is 10.4. The number of hydrogen-bond donors (Lipinski definition) is 3. The highest BCUT2D eigenvalue weighted by atomic mass is 16.5. The van der Waals surface area contributed by atoms with Crippen LogP contribution in [0.15, 0.2) is 36.4 Å². The highest BCUT2D eigenvalue weighted by Crippen LogP contribution is 2.42. The zero-order valence-electron chi connectivity index (χ0n) is 11.7. The van der Waals surface area contributed by atoms with Gasteiger partial charge < -0.3 is 24.8 Å². The van der Waals surface area contributed by atoms with Crippen molar-refractivity contribution in [3.8, 4) is 23.0 Å². The average molecular weight is 302 g/mol. The van der Waals surface area contributed by atoms with E-state index in [0.29, 0.717) is 5.75 Å². The number of ether oxygens (including phenoxy) is 2. The molecule has 0 aliphatic carbocycles. The summed E-state index contributed by atoms with van der Waals surface area (Å²) in [5.74, 6) is -0.468. The van der Waals surface area contributed by atoms with Crippen LogP contribution in [0.5, 0.6) is 23.0 Å². The van der Waals surface area contributed by atoms with Crippen LogP contribution in [-0.2, 0) is 5.60 Å². The highest BCUT2D eigenvalue weighted by molar-refractivity contribution is 6.08. The van der Waals surface area contributed by atoms with E-state index < -0.39 is 11.4 Å². The number of fused-ring (bicyclic) bond motifs is 1. The van der Waals surface area contributed by atoms with Gasteiger partial charge in [-0.15, -0.1) is 0 Å². The molecular formula is C16H14O6. The first-order valence-electron chi connectivity index (χ1n) is 6.56. The van der Waals surface area contributed by atoms with Gasteiger partial charge in [0.2, 0.25) is 5.78 Å². The van der Waals surface area contributed by atoms with Crippen molar-refractivity contribution in [2.75, 3.05) is 13.7 Å². The number of methoxy groups -OCH3 is 1. The summed E-state index contributed by atoms with van der Waals surface area (Å²) in [6, 6.07) is 8.35. The SMILES string of the molecule is COc1cc(O)c2c(c1)OCC(O)(c1ccc(O)cc1)C2=O. The maximum Gasteiger partial charge on any atom is 0.209 e. The van der Waals surface area contributed by atoms with Crippen LogP contribution in [0, 0.1) is 0 Å². The van der Waals surface area contributed by atoms with E-state index in [4.69, 9.17) is 9.47 Å². The van der Waals surface area contributed by atoms with Gasteiger partial charge in [0.25, 0.3) is 0 Å². The van der Waals surface area contributed by atoms with E-state index in [1.807, 2.05) is 0 Å². The third kappa shape index (κ3) is 2.05. The minimum atomic E-state index is -1.92. The molecule has 22 heavy (non-hydrogen) atoms. The van der Waals surface area contributed by atoms with E-state index in [1.165, 1.54) is 43.5 Å². The van der Waals surface area contributed by atoms with Gasteiger partial charge in [0, 0.05) is 12.1 Å². The van der Waals surface area contributed by atoms with E-state index in [2.05, 4.69) is 0 Å². The number of benzene rings is 2. The van der Waals surface area contributed by atoms with Crippen LogP contribution in [0.3, 0.4) is 0 Å². The number of ketones is 1. The van der Waals surface area contributed by atoms with Crippen molar-refractivity contribution in [2.24, 2.45) is 0 Å². The molecular weight excluding hydrogens is 288 g/mol. The molecule has 0 bridgehead atoms. The molecule has 6 nitrogen and oxygen atoms in total. The third-order valence-electron chi connectivity index (χ3n) is 3.67. The van der Waals surface area contributed by atoms with Crippen molar-refractivity contribution >= 4 is 5.78 Å². The molecule has 6 heteroatoms. The Balaban J connectivity index is 2.09. The van der Waals surface area contributed by atoms with Crippen LogP contribution in [-0.4, -0.2) is 34.8 Å². The Hall–Kier alpha value is -2.73. The van der Waals surface area contributed by atoms with E-state index in [-0.39, 0.29) is 35.0 Å². The summed E-state index contributed by atoms with van der Waals surface area (Å²) in [7, 11) is 1.43.